The van der Waals surface area contributed by atoms with E-state index in [1.165, 1.54) is 5.56 Å². The number of esters is 1. The minimum Gasteiger partial charge on any atom is -0.465 e. The van der Waals surface area contributed by atoms with Crippen molar-refractivity contribution in [2.24, 2.45) is 5.92 Å². The van der Waals surface area contributed by atoms with Gasteiger partial charge in [0.1, 0.15) is 6.04 Å². The van der Waals surface area contributed by atoms with Crippen molar-refractivity contribution >= 4 is 5.97 Å². The van der Waals surface area contributed by atoms with Crippen LogP contribution in [0.4, 0.5) is 0 Å². The first kappa shape index (κ1) is 15.7. The van der Waals surface area contributed by atoms with E-state index in [9.17, 15) is 4.79 Å². The summed E-state index contributed by atoms with van der Waals surface area (Å²) >= 11 is 0. The van der Waals surface area contributed by atoms with Crippen LogP contribution in [0, 0.1) is 19.8 Å². The number of rotatable bonds is 6. The summed E-state index contributed by atoms with van der Waals surface area (Å²) in [5.74, 6) is 0.291. The average Bonchev–Trinajstić information content (AvgIpc) is 2.34. The lowest BCUT2D eigenvalue weighted by Crippen LogP contribution is -2.33. The Labute approximate surface area is 116 Å². The maximum Gasteiger partial charge on any atom is 0.327 e. The zero-order valence-electron chi connectivity index (χ0n) is 12.6. The first-order chi connectivity index (χ1) is 8.97. The van der Waals surface area contributed by atoms with Crippen molar-refractivity contribution in [2.75, 3.05) is 13.2 Å². The zero-order chi connectivity index (χ0) is 14.4. The molecule has 0 saturated carbocycles. The number of hydrogen-bond acceptors (Lipinski definition) is 3. The lowest BCUT2D eigenvalue weighted by Gasteiger charge is -2.21. The molecular weight excluding hydrogens is 238 g/mol. The number of hydrogen-bond donors (Lipinski definition) is 1. The Morgan fingerprint density at radius 3 is 2.58 bits per heavy atom. The van der Waals surface area contributed by atoms with E-state index in [1.54, 1.807) is 0 Å². The van der Waals surface area contributed by atoms with E-state index in [2.05, 4.69) is 32.2 Å². The van der Waals surface area contributed by atoms with E-state index in [1.807, 2.05) is 26.0 Å². The molecule has 0 heterocycles. The van der Waals surface area contributed by atoms with Crippen LogP contribution in [0.1, 0.15) is 43.5 Å². The van der Waals surface area contributed by atoms with Gasteiger partial charge in [-0.05, 0) is 49.9 Å². The molecule has 106 valence electrons. The molecule has 0 spiro atoms. The minimum absolute atomic E-state index is 0.197. The quantitative estimate of drug-likeness (QED) is 0.801. The summed E-state index contributed by atoms with van der Waals surface area (Å²) in [5, 5.41) is 3.31. The van der Waals surface area contributed by atoms with Gasteiger partial charge in [0.2, 0.25) is 0 Å². The summed E-state index contributed by atoms with van der Waals surface area (Å²) in [6.45, 7) is 11.4. The highest BCUT2D eigenvalue weighted by atomic mass is 16.5. The molecule has 1 aromatic carbocycles. The van der Waals surface area contributed by atoms with Gasteiger partial charge in [0.05, 0.1) is 6.61 Å². The third-order valence-corrected chi connectivity index (χ3v) is 3.21. The molecule has 3 heteroatoms. The zero-order valence-corrected chi connectivity index (χ0v) is 12.6. The highest BCUT2D eigenvalue weighted by Crippen LogP contribution is 2.22. The summed E-state index contributed by atoms with van der Waals surface area (Å²) in [5.41, 5.74) is 3.36. The van der Waals surface area contributed by atoms with Gasteiger partial charge in [-0.1, -0.05) is 32.0 Å². The van der Waals surface area contributed by atoms with Gasteiger partial charge in [-0.3, -0.25) is 0 Å². The fourth-order valence-corrected chi connectivity index (χ4v) is 1.99. The molecular formula is C16H25NO2. The highest BCUT2D eigenvalue weighted by Gasteiger charge is 2.23. The van der Waals surface area contributed by atoms with Crippen molar-refractivity contribution in [3.8, 4) is 0 Å². The Morgan fingerprint density at radius 1 is 1.32 bits per heavy atom. The third-order valence-electron chi connectivity index (χ3n) is 3.21. The standard InChI is InChI=1S/C16H25NO2/c1-6-19-16(18)15(17-10-11(2)3)14-9-7-8-12(4)13(14)5/h7-9,11,15,17H,6,10H2,1-5H3. The molecule has 1 N–H and O–H groups in total. The SMILES string of the molecule is CCOC(=O)C(NCC(C)C)c1cccc(C)c1C. The van der Waals surface area contributed by atoms with Gasteiger partial charge in [-0.25, -0.2) is 4.79 Å². The van der Waals surface area contributed by atoms with Gasteiger partial charge >= 0.3 is 5.97 Å². The smallest absolute Gasteiger partial charge is 0.327 e. The van der Waals surface area contributed by atoms with Crippen LogP contribution >= 0.6 is 0 Å². The van der Waals surface area contributed by atoms with Crippen molar-refractivity contribution in [2.45, 2.75) is 40.7 Å². The second-order valence-electron chi connectivity index (χ2n) is 5.28. The van der Waals surface area contributed by atoms with Gasteiger partial charge in [0, 0.05) is 0 Å². The summed E-state index contributed by atoms with van der Waals surface area (Å²) < 4.78 is 5.18. The summed E-state index contributed by atoms with van der Waals surface area (Å²) in [6, 6.07) is 5.67. The summed E-state index contributed by atoms with van der Waals surface area (Å²) in [4.78, 5) is 12.1. The van der Waals surface area contributed by atoms with Crippen LogP contribution in [0.3, 0.4) is 0 Å². The fourth-order valence-electron chi connectivity index (χ4n) is 1.99. The van der Waals surface area contributed by atoms with Gasteiger partial charge < -0.3 is 10.1 Å². The van der Waals surface area contributed by atoms with Gasteiger partial charge in [-0.2, -0.15) is 0 Å². The van der Waals surface area contributed by atoms with Gasteiger partial charge in [0.25, 0.3) is 0 Å². The third kappa shape index (κ3) is 4.35. The molecule has 0 aliphatic heterocycles. The highest BCUT2D eigenvalue weighted by molar-refractivity contribution is 5.78. The summed E-state index contributed by atoms with van der Waals surface area (Å²) in [6.07, 6.45) is 0. The van der Waals surface area contributed by atoms with Crippen LogP contribution in [-0.2, 0) is 9.53 Å². The van der Waals surface area contributed by atoms with Crippen LogP contribution in [0.25, 0.3) is 0 Å². The van der Waals surface area contributed by atoms with Crippen molar-refractivity contribution in [3.63, 3.8) is 0 Å². The molecule has 0 fully saturated rings. The Kier molecular flexibility index (Phi) is 6.03. The Morgan fingerprint density at radius 2 is 2.00 bits per heavy atom. The Hall–Kier alpha value is -1.35. The predicted molar refractivity (Wildman–Crippen MR) is 78.1 cm³/mol. The predicted octanol–water partition coefficient (Wildman–Crippen LogP) is 3.15. The number of nitrogens with one attached hydrogen (secondary N) is 1. The molecule has 0 amide bonds. The first-order valence-corrected chi connectivity index (χ1v) is 6.93. The summed E-state index contributed by atoms with van der Waals surface area (Å²) in [7, 11) is 0. The lowest BCUT2D eigenvalue weighted by atomic mass is 9.97. The van der Waals surface area contributed by atoms with E-state index >= 15 is 0 Å². The van der Waals surface area contributed by atoms with E-state index in [0.717, 1.165) is 17.7 Å². The molecule has 1 unspecified atom stereocenters. The van der Waals surface area contributed by atoms with Gasteiger partial charge in [-0.15, -0.1) is 0 Å². The number of ether oxygens (including phenoxy) is 1. The Bertz CT molecular complexity index is 427. The van der Waals surface area contributed by atoms with Crippen LogP contribution in [-0.4, -0.2) is 19.1 Å². The Balaban J connectivity index is 3.00. The lowest BCUT2D eigenvalue weighted by molar-refractivity contribution is -0.145. The van der Waals surface area contributed by atoms with Crippen molar-refractivity contribution < 1.29 is 9.53 Å². The number of benzene rings is 1. The monoisotopic (exact) mass is 263 g/mol. The molecule has 3 nitrogen and oxygen atoms in total. The number of aryl methyl sites for hydroxylation is 1. The molecule has 0 saturated heterocycles. The van der Waals surface area contributed by atoms with E-state index < -0.39 is 0 Å². The molecule has 1 atom stereocenters. The molecule has 0 bridgehead atoms. The maximum absolute atomic E-state index is 12.1. The van der Waals surface area contributed by atoms with Gasteiger partial charge in [0.15, 0.2) is 0 Å². The molecule has 0 aromatic heterocycles. The first-order valence-electron chi connectivity index (χ1n) is 6.93. The van der Waals surface area contributed by atoms with E-state index in [0.29, 0.717) is 12.5 Å². The topological polar surface area (TPSA) is 38.3 Å². The molecule has 1 rings (SSSR count). The molecule has 0 radical (unpaired) electrons. The van der Waals surface area contributed by atoms with Crippen LogP contribution in [0.15, 0.2) is 18.2 Å². The van der Waals surface area contributed by atoms with E-state index in [4.69, 9.17) is 4.74 Å². The van der Waals surface area contributed by atoms with Crippen molar-refractivity contribution in [3.05, 3.63) is 34.9 Å². The van der Waals surface area contributed by atoms with Crippen molar-refractivity contribution in [1.29, 1.82) is 0 Å². The normalized spacial score (nSPS) is 12.5. The average molecular weight is 263 g/mol. The second kappa shape index (κ2) is 7.29. The van der Waals surface area contributed by atoms with Crippen LogP contribution < -0.4 is 5.32 Å². The fraction of sp³-hybridized carbons (Fsp3) is 0.562. The molecule has 19 heavy (non-hydrogen) atoms. The number of carbonyl (C=O) groups is 1. The second-order valence-corrected chi connectivity index (χ2v) is 5.28. The van der Waals surface area contributed by atoms with E-state index in [-0.39, 0.29) is 12.0 Å². The molecule has 1 aromatic rings. The minimum atomic E-state index is -0.373. The molecule has 0 aliphatic carbocycles. The van der Waals surface area contributed by atoms with Crippen LogP contribution in [0.5, 0.6) is 0 Å². The largest absolute Gasteiger partial charge is 0.465 e. The molecule has 0 aliphatic rings. The maximum atomic E-state index is 12.1. The number of carbonyl (C=O) groups excluding carboxylic acids is 1. The van der Waals surface area contributed by atoms with Crippen LogP contribution in [0.2, 0.25) is 0 Å². The van der Waals surface area contributed by atoms with Crippen molar-refractivity contribution in [1.82, 2.24) is 5.32 Å².